The molecule has 0 fully saturated rings. The van der Waals surface area contributed by atoms with Gasteiger partial charge in [-0.3, -0.25) is 0 Å². The summed E-state index contributed by atoms with van der Waals surface area (Å²) in [6.45, 7) is 4.19. The highest BCUT2D eigenvalue weighted by Crippen LogP contribution is 2.15. The van der Waals surface area contributed by atoms with Crippen LogP contribution in [-0.2, 0) is 12.8 Å². The van der Waals surface area contributed by atoms with E-state index in [1.807, 2.05) is 18.2 Å². The predicted molar refractivity (Wildman–Crippen MR) is 86.9 cm³/mol. The fraction of sp³-hybridized carbons (Fsp3) is 0.375. The quantitative estimate of drug-likeness (QED) is 0.785. The van der Waals surface area contributed by atoms with Crippen molar-refractivity contribution in [3.63, 3.8) is 0 Å². The van der Waals surface area contributed by atoms with E-state index in [-0.39, 0.29) is 11.9 Å². The molecule has 0 aliphatic heterocycles. The van der Waals surface area contributed by atoms with Gasteiger partial charge in [0.2, 0.25) is 0 Å². The Kier molecular flexibility index (Phi) is 5.67. The largest absolute Gasteiger partial charge is 0.367 e. The van der Waals surface area contributed by atoms with Gasteiger partial charge in [0.1, 0.15) is 22.1 Å². The molecule has 0 bridgehead atoms. The third kappa shape index (κ3) is 5.08. The lowest BCUT2D eigenvalue weighted by atomic mass is 10.1. The number of halogens is 2. The number of nitrogens with one attached hydrogen (secondary N) is 1. The number of aromatic nitrogens is 2. The van der Waals surface area contributed by atoms with Gasteiger partial charge in [0.15, 0.2) is 0 Å². The lowest BCUT2D eigenvalue weighted by Crippen LogP contribution is -2.19. The molecule has 1 heterocycles. The summed E-state index contributed by atoms with van der Waals surface area (Å²) in [6.07, 6.45) is 2.69. The van der Waals surface area contributed by atoms with E-state index >= 15 is 0 Å². The lowest BCUT2D eigenvalue weighted by Gasteiger charge is -2.15. The van der Waals surface area contributed by atoms with Crippen molar-refractivity contribution in [3.05, 3.63) is 52.1 Å². The molecule has 0 aliphatic carbocycles. The van der Waals surface area contributed by atoms with Crippen molar-refractivity contribution in [2.45, 2.75) is 39.2 Å². The summed E-state index contributed by atoms with van der Waals surface area (Å²) in [5.41, 5.74) is 1.10. The Morgan fingerprint density at radius 1 is 1.24 bits per heavy atom. The Morgan fingerprint density at radius 3 is 2.62 bits per heavy atom. The topological polar surface area (TPSA) is 37.8 Å². The first kappa shape index (κ1) is 15.9. The molecule has 0 saturated heterocycles. The zero-order chi connectivity index (χ0) is 15.2. The standard InChI is InChI=1S/C16H19BrFN3/c1-3-4-15-20-14(17)10-16(21-15)19-11(2)9-12-5-7-13(18)8-6-12/h5-8,10-11H,3-4,9H2,1-2H3,(H,19,20,21). The van der Waals surface area contributed by atoms with Gasteiger partial charge in [0.05, 0.1) is 0 Å². The van der Waals surface area contributed by atoms with Crippen LogP contribution < -0.4 is 5.32 Å². The summed E-state index contributed by atoms with van der Waals surface area (Å²) < 4.78 is 13.7. The second kappa shape index (κ2) is 7.50. The van der Waals surface area contributed by atoms with Gasteiger partial charge in [-0.05, 0) is 53.4 Å². The maximum Gasteiger partial charge on any atom is 0.132 e. The molecule has 1 aromatic carbocycles. The molecule has 1 atom stereocenters. The van der Waals surface area contributed by atoms with Crippen molar-refractivity contribution < 1.29 is 4.39 Å². The second-order valence-electron chi connectivity index (χ2n) is 5.12. The number of benzene rings is 1. The Morgan fingerprint density at radius 2 is 1.95 bits per heavy atom. The predicted octanol–water partition coefficient (Wildman–Crippen LogP) is 4.37. The molecule has 1 aromatic heterocycles. The monoisotopic (exact) mass is 351 g/mol. The molecular weight excluding hydrogens is 333 g/mol. The fourth-order valence-electron chi connectivity index (χ4n) is 2.15. The van der Waals surface area contributed by atoms with Crippen LogP contribution in [0.3, 0.4) is 0 Å². The van der Waals surface area contributed by atoms with Gasteiger partial charge in [0.25, 0.3) is 0 Å². The van der Waals surface area contributed by atoms with E-state index in [2.05, 4.69) is 45.1 Å². The van der Waals surface area contributed by atoms with Crippen LogP contribution in [0.2, 0.25) is 0 Å². The summed E-state index contributed by atoms with van der Waals surface area (Å²) >= 11 is 3.41. The average molecular weight is 352 g/mol. The summed E-state index contributed by atoms with van der Waals surface area (Å²) in [7, 11) is 0. The van der Waals surface area contributed by atoms with Gasteiger partial charge in [-0.1, -0.05) is 19.1 Å². The van der Waals surface area contributed by atoms with Gasteiger partial charge in [-0.2, -0.15) is 0 Å². The summed E-state index contributed by atoms with van der Waals surface area (Å²) in [6, 6.07) is 8.68. The molecule has 0 amide bonds. The highest BCUT2D eigenvalue weighted by molar-refractivity contribution is 9.10. The van der Waals surface area contributed by atoms with E-state index in [0.717, 1.165) is 41.1 Å². The normalized spacial score (nSPS) is 12.2. The van der Waals surface area contributed by atoms with E-state index in [9.17, 15) is 4.39 Å². The van der Waals surface area contributed by atoms with Crippen LogP contribution in [0, 0.1) is 5.82 Å². The lowest BCUT2D eigenvalue weighted by molar-refractivity contribution is 0.626. The highest BCUT2D eigenvalue weighted by Gasteiger charge is 2.07. The van der Waals surface area contributed by atoms with Gasteiger partial charge in [0, 0.05) is 18.5 Å². The number of rotatable bonds is 6. The van der Waals surface area contributed by atoms with Gasteiger partial charge in [-0.25, -0.2) is 14.4 Å². The molecule has 112 valence electrons. The molecule has 3 nitrogen and oxygen atoms in total. The van der Waals surface area contributed by atoms with Crippen molar-refractivity contribution >= 4 is 21.7 Å². The van der Waals surface area contributed by atoms with Crippen molar-refractivity contribution in [2.24, 2.45) is 0 Å². The van der Waals surface area contributed by atoms with Crippen LogP contribution in [0.4, 0.5) is 10.2 Å². The minimum absolute atomic E-state index is 0.201. The molecule has 5 heteroatoms. The van der Waals surface area contributed by atoms with Crippen LogP contribution in [0.15, 0.2) is 34.9 Å². The number of anilines is 1. The first-order chi connectivity index (χ1) is 10.1. The number of aryl methyl sites for hydroxylation is 1. The zero-order valence-electron chi connectivity index (χ0n) is 12.2. The van der Waals surface area contributed by atoms with Crippen LogP contribution >= 0.6 is 15.9 Å². The number of hydrogen-bond donors (Lipinski definition) is 1. The van der Waals surface area contributed by atoms with E-state index < -0.39 is 0 Å². The Bertz CT molecular complexity index is 587. The fourth-order valence-corrected chi connectivity index (χ4v) is 2.57. The minimum Gasteiger partial charge on any atom is -0.367 e. The smallest absolute Gasteiger partial charge is 0.132 e. The van der Waals surface area contributed by atoms with Gasteiger partial charge < -0.3 is 5.32 Å². The summed E-state index contributed by atoms with van der Waals surface area (Å²) in [5.74, 6) is 1.45. The van der Waals surface area contributed by atoms with E-state index in [1.165, 1.54) is 12.1 Å². The van der Waals surface area contributed by atoms with Gasteiger partial charge >= 0.3 is 0 Å². The van der Waals surface area contributed by atoms with Crippen molar-refractivity contribution in [2.75, 3.05) is 5.32 Å². The van der Waals surface area contributed by atoms with Crippen LogP contribution in [0.5, 0.6) is 0 Å². The Hall–Kier alpha value is -1.49. The molecule has 2 aromatic rings. The molecule has 2 rings (SSSR count). The Balaban J connectivity index is 2.01. The molecule has 1 N–H and O–H groups in total. The SMILES string of the molecule is CCCc1nc(Br)cc(NC(C)Cc2ccc(F)cc2)n1. The van der Waals surface area contributed by atoms with E-state index in [4.69, 9.17) is 0 Å². The molecule has 0 saturated carbocycles. The van der Waals surface area contributed by atoms with Crippen molar-refractivity contribution in [3.8, 4) is 0 Å². The third-order valence-electron chi connectivity index (χ3n) is 3.06. The maximum atomic E-state index is 12.9. The van der Waals surface area contributed by atoms with Crippen molar-refractivity contribution in [1.82, 2.24) is 9.97 Å². The van der Waals surface area contributed by atoms with Crippen LogP contribution in [0.25, 0.3) is 0 Å². The maximum absolute atomic E-state index is 12.9. The minimum atomic E-state index is -0.205. The molecule has 21 heavy (non-hydrogen) atoms. The van der Waals surface area contributed by atoms with Crippen LogP contribution in [0.1, 0.15) is 31.7 Å². The molecule has 0 aliphatic rings. The highest BCUT2D eigenvalue weighted by atomic mass is 79.9. The average Bonchev–Trinajstić information content (AvgIpc) is 2.41. The second-order valence-corrected chi connectivity index (χ2v) is 5.93. The van der Waals surface area contributed by atoms with E-state index in [1.54, 1.807) is 0 Å². The first-order valence-electron chi connectivity index (χ1n) is 7.11. The molecule has 0 radical (unpaired) electrons. The molecule has 1 unspecified atom stereocenters. The first-order valence-corrected chi connectivity index (χ1v) is 7.90. The van der Waals surface area contributed by atoms with Crippen LogP contribution in [-0.4, -0.2) is 16.0 Å². The number of hydrogen-bond acceptors (Lipinski definition) is 3. The van der Waals surface area contributed by atoms with Gasteiger partial charge in [-0.15, -0.1) is 0 Å². The Labute approximate surface area is 133 Å². The third-order valence-corrected chi connectivity index (χ3v) is 3.47. The molecule has 0 spiro atoms. The summed E-state index contributed by atoms with van der Waals surface area (Å²) in [4.78, 5) is 8.86. The molecular formula is C16H19BrFN3. The summed E-state index contributed by atoms with van der Waals surface area (Å²) in [5, 5.41) is 3.37. The number of nitrogens with zero attached hydrogens (tertiary/aromatic N) is 2. The van der Waals surface area contributed by atoms with Crippen molar-refractivity contribution in [1.29, 1.82) is 0 Å². The zero-order valence-corrected chi connectivity index (χ0v) is 13.8. The van der Waals surface area contributed by atoms with E-state index in [0.29, 0.717) is 0 Å².